The normalized spacial score (nSPS) is 10.9. The number of benzene rings is 2. The first kappa shape index (κ1) is 14.4. The molecule has 0 aliphatic heterocycles. The molecule has 0 saturated carbocycles. The summed E-state index contributed by atoms with van der Waals surface area (Å²) in [6.45, 7) is 4.88. The molecule has 3 rings (SSSR count). The van der Waals surface area contributed by atoms with Crippen LogP contribution in [0, 0.1) is 6.92 Å². The van der Waals surface area contributed by atoms with E-state index in [1.807, 2.05) is 56.4 Å². The zero-order valence-corrected chi connectivity index (χ0v) is 13.2. The lowest BCUT2D eigenvalue weighted by atomic mass is 10.1. The predicted octanol–water partition coefficient (Wildman–Crippen LogP) is 4.25. The summed E-state index contributed by atoms with van der Waals surface area (Å²) in [5.74, 6) is 0.0294. The second-order valence-corrected chi connectivity index (χ2v) is 5.43. The van der Waals surface area contributed by atoms with Crippen LogP contribution in [-0.2, 0) is 6.54 Å². The number of hydrogen-bond acceptors (Lipinski definition) is 1. The molecule has 0 N–H and O–H groups in total. The minimum absolute atomic E-state index is 0.0294. The highest BCUT2D eigenvalue weighted by atomic mass is 16.2. The monoisotopic (exact) mass is 292 g/mol. The van der Waals surface area contributed by atoms with Crippen LogP contribution in [0.4, 0.5) is 5.69 Å². The van der Waals surface area contributed by atoms with E-state index in [4.69, 9.17) is 0 Å². The van der Waals surface area contributed by atoms with Gasteiger partial charge < -0.3 is 9.47 Å². The van der Waals surface area contributed by atoms with Crippen LogP contribution in [-0.4, -0.2) is 17.5 Å². The molecule has 0 fully saturated rings. The van der Waals surface area contributed by atoms with Gasteiger partial charge in [-0.2, -0.15) is 0 Å². The van der Waals surface area contributed by atoms with Gasteiger partial charge in [0.25, 0.3) is 5.91 Å². The molecule has 22 heavy (non-hydrogen) atoms. The maximum atomic E-state index is 13.0. The lowest BCUT2D eigenvalue weighted by Gasteiger charge is -2.19. The number of nitrogens with zero attached hydrogens (tertiary/aromatic N) is 2. The van der Waals surface area contributed by atoms with Gasteiger partial charge in [0.2, 0.25) is 0 Å². The van der Waals surface area contributed by atoms with Crippen molar-refractivity contribution in [1.29, 1.82) is 0 Å². The summed E-state index contributed by atoms with van der Waals surface area (Å²) in [4.78, 5) is 14.7. The first-order chi connectivity index (χ1) is 10.6. The number of para-hydroxylation sites is 2. The van der Waals surface area contributed by atoms with Crippen molar-refractivity contribution in [3.05, 3.63) is 65.9 Å². The molecule has 1 heterocycles. The van der Waals surface area contributed by atoms with Crippen LogP contribution in [0.3, 0.4) is 0 Å². The third-order valence-corrected chi connectivity index (χ3v) is 4.19. The molecule has 0 saturated heterocycles. The van der Waals surface area contributed by atoms with Gasteiger partial charge in [-0.3, -0.25) is 4.79 Å². The van der Waals surface area contributed by atoms with E-state index in [1.165, 1.54) is 0 Å². The van der Waals surface area contributed by atoms with Gasteiger partial charge in [0.05, 0.1) is 0 Å². The zero-order chi connectivity index (χ0) is 15.7. The lowest BCUT2D eigenvalue weighted by molar-refractivity contribution is 0.0984. The number of hydrogen-bond donors (Lipinski definition) is 0. The van der Waals surface area contributed by atoms with Crippen molar-refractivity contribution in [2.24, 2.45) is 0 Å². The van der Waals surface area contributed by atoms with E-state index < -0.39 is 0 Å². The molecule has 3 nitrogen and oxygen atoms in total. The number of amides is 1. The fourth-order valence-corrected chi connectivity index (χ4v) is 3.01. The Hall–Kier alpha value is -2.55. The van der Waals surface area contributed by atoms with Crippen LogP contribution in [0.15, 0.2) is 54.6 Å². The molecule has 0 radical (unpaired) electrons. The molecule has 0 aliphatic carbocycles. The Kier molecular flexibility index (Phi) is 3.72. The topological polar surface area (TPSA) is 25.2 Å². The molecule has 0 aliphatic rings. The smallest absolute Gasteiger partial charge is 0.274 e. The minimum atomic E-state index is 0.0294. The van der Waals surface area contributed by atoms with Crippen LogP contribution in [0.25, 0.3) is 10.9 Å². The van der Waals surface area contributed by atoms with Gasteiger partial charge in [0.15, 0.2) is 0 Å². The van der Waals surface area contributed by atoms with Crippen LogP contribution in [0.5, 0.6) is 0 Å². The molecule has 2 aromatic carbocycles. The Bertz CT molecular complexity index is 818. The van der Waals surface area contributed by atoms with E-state index in [2.05, 4.69) is 23.6 Å². The van der Waals surface area contributed by atoms with E-state index in [0.717, 1.165) is 34.4 Å². The van der Waals surface area contributed by atoms with Crippen LogP contribution in [0.1, 0.15) is 23.0 Å². The summed E-state index contributed by atoms with van der Waals surface area (Å²) >= 11 is 0. The molecular formula is C19H20N2O. The second-order valence-electron chi connectivity index (χ2n) is 5.43. The number of carbonyl (C=O) groups is 1. The molecule has 0 unspecified atom stereocenters. The van der Waals surface area contributed by atoms with Gasteiger partial charge in [-0.25, -0.2) is 0 Å². The fraction of sp³-hybridized carbons (Fsp3) is 0.211. The number of anilines is 1. The van der Waals surface area contributed by atoms with Gasteiger partial charge in [0.1, 0.15) is 5.69 Å². The Labute approximate surface area is 130 Å². The molecule has 1 amide bonds. The Morgan fingerprint density at radius 2 is 1.68 bits per heavy atom. The molecule has 0 spiro atoms. The van der Waals surface area contributed by atoms with Crippen molar-refractivity contribution in [2.45, 2.75) is 20.4 Å². The number of fused-ring (bicyclic) bond motifs is 1. The largest absolute Gasteiger partial charge is 0.337 e. The molecule has 0 bridgehead atoms. The van der Waals surface area contributed by atoms with Crippen molar-refractivity contribution in [1.82, 2.24) is 4.57 Å². The number of carbonyl (C=O) groups excluding carboxylic acids is 1. The van der Waals surface area contributed by atoms with Crippen LogP contribution >= 0.6 is 0 Å². The third kappa shape index (κ3) is 2.19. The maximum Gasteiger partial charge on any atom is 0.274 e. The SMILES string of the molecule is CCn1c(C(=O)N(C)c2ccccc2)c(C)c2ccccc21. The Morgan fingerprint density at radius 3 is 2.36 bits per heavy atom. The number of aryl methyl sites for hydroxylation is 2. The Morgan fingerprint density at radius 1 is 1.05 bits per heavy atom. The first-order valence-corrected chi connectivity index (χ1v) is 7.56. The highest BCUT2D eigenvalue weighted by Crippen LogP contribution is 2.27. The average molecular weight is 292 g/mol. The van der Waals surface area contributed by atoms with Gasteiger partial charge in [-0.15, -0.1) is 0 Å². The van der Waals surface area contributed by atoms with Crippen molar-refractivity contribution in [3.8, 4) is 0 Å². The number of rotatable bonds is 3. The molecule has 0 atom stereocenters. The summed E-state index contributed by atoms with van der Waals surface area (Å²) < 4.78 is 2.10. The molecule has 3 aromatic rings. The van der Waals surface area contributed by atoms with Crippen molar-refractivity contribution in [3.63, 3.8) is 0 Å². The summed E-state index contributed by atoms with van der Waals surface area (Å²) in [7, 11) is 1.83. The van der Waals surface area contributed by atoms with Gasteiger partial charge in [-0.05, 0) is 37.6 Å². The summed E-state index contributed by atoms with van der Waals surface area (Å²) in [6, 6.07) is 17.9. The molecular weight excluding hydrogens is 272 g/mol. The van der Waals surface area contributed by atoms with Crippen LogP contribution < -0.4 is 4.90 Å². The quantitative estimate of drug-likeness (QED) is 0.708. The predicted molar refractivity (Wildman–Crippen MR) is 91.5 cm³/mol. The van der Waals surface area contributed by atoms with Gasteiger partial charge in [0, 0.05) is 30.2 Å². The highest BCUT2D eigenvalue weighted by Gasteiger charge is 2.22. The van der Waals surface area contributed by atoms with Gasteiger partial charge >= 0.3 is 0 Å². The number of aromatic nitrogens is 1. The lowest BCUT2D eigenvalue weighted by Crippen LogP contribution is -2.29. The van der Waals surface area contributed by atoms with Crippen LogP contribution in [0.2, 0.25) is 0 Å². The summed E-state index contributed by atoms with van der Waals surface area (Å²) in [5.41, 5.74) is 3.84. The Balaban J connectivity index is 2.13. The van der Waals surface area contributed by atoms with E-state index in [1.54, 1.807) is 4.90 Å². The third-order valence-electron chi connectivity index (χ3n) is 4.19. The maximum absolute atomic E-state index is 13.0. The zero-order valence-electron chi connectivity index (χ0n) is 13.2. The average Bonchev–Trinajstić information content (AvgIpc) is 2.87. The van der Waals surface area contributed by atoms with Crippen molar-refractivity contribution >= 4 is 22.5 Å². The van der Waals surface area contributed by atoms with E-state index in [9.17, 15) is 4.79 Å². The van der Waals surface area contributed by atoms with Crippen molar-refractivity contribution < 1.29 is 4.79 Å². The molecule has 1 aromatic heterocycles. The van der Waals surface area contributed by atoms with Gasteiger partial charge in [-0.1, -0.05) is 36.4 Å². The van der Waals surface area contributed by atoms with E-state index >= 15 is 0 Å². The molecule has 112 valence electrons. The first-order valence-electron chi connectivity index (χ1n) is 7.56. The van der Waals surface area contributed by atoms with E-state index in [0.29, 0.717) is 0 Å². The fourth-order valence-electron chi connectivity index (χ4n) is 3.01. The summed E-state index contributed by atoms with van der Waals surface area (Å²) in [6.07, 6.45) is 0. The highest BCUT2D eigenvalue weighted by molar-refractivity contribution is 6.09. The van der Waals surface area contributed by atoms with Crippen molar-refractivity contribution in [2.75, 3.05) is 11.9 Å². The molecule has 3 heteroatoms. The summed E-state index contributed by atoms with van der Waals surface area (Å²) in [5, 5.41) is 1.15. The van der Waals surface area contributed by atoms with E-state index in [-0.39, 0.29) is 5.91 Å². The minimum Gasteiger partial charge on any atom is -0.337 e. The standard InChI is InChI=1S/C19H20N2O/c1-4-21-17-13-9-8-12-16(17)14(2)18(21)19(22)20(3)15-10-6-5-7-11-15/h5-13H,4H2,1-3H3. The second kappa shape index (κ2) is 5.68.